The average Bonchev–Trinajstić information content (AvgIpc) is 2.48. The van der Waals surface area contributed by atoms with Gasteiger partial charge in [0, 0.05) is 11.0 Å². The summed E-state index contributed by atoms with van der Waals surface area (Å²) in [4.78, 5) is 11.8. The van der Waals surface area contributed by atoms with Gasteiger partial charge in [0.2, 0.25) is 0 Å². The van der Waals surface area contributed by atoms with E-state index in [2.05, 4.69) is 0 Å². The van der Waals surface area contributed by atoms with Crippen molar-refractivity contribution < 1.29 is 10.0 Å². The Morgan fingerprint density at radius 1 is 1.25 bits per heavy atom. The van der Waals surface area contributed by atoms with Gasteiger partial charge in [-0.1, -0.05) is 23.9 Å². The Kier molecular flexibility index (Phi) is 4.35. The highest BCUT2D eigenvalue weighted by Crippen LogP contribution is 2.35. The molecule has 2 aromatic rings. The summed E-state index contributed by atoms with van der Waals surface area (Å²) in [5.41, 5.74) is 0.959. The van der Waals surface area contributed by atoms with E-state index in [1.807, 2.05) is 6.07 Å². The van der Waals surface area contributed by atoms with Crippen molar-refractivity contribution in [3.05, 3.63) is 63.7 Å². The molecule has 6 heteroatoms. The summed E-state index contributed by atoms with van der Waals surface area (Å²) in [5.74, 6) is 0. The third-order valence-electron chi connectivity index (χ3n) is 2.62. The van der Waals surface area contributed by atoms with Crippen LogP contribution in [0.4, 0.5) is 5.69 Å². The number of nitro benzene ring substituents is 1. The standard InChI is InChI=1S/C14H10N2O3S/c15-8-11-3-6-14(13(7-11)16(18)19)20-12-4-1-10(9-17)2-5-12/h1-7,17H,9H2. The number of aliphatic hydroxyl groups excluding tert-OH is 1. The SMILES string of the molecule is N#Cc1ccc(Sc2ccc(CO)cc2)c([N+](=O)[O-])c1. The highest BCUT2D eigenvalue weighted by molar-refractivity contribution is 7.99. The monoisotopic (exact) mass is 286 g/mol. The molecule has 0 aliphatic heterocycles. The summed E-state index contributed by atoms with van der Waals surface area (Å²) in [6.45, 7) is -0.0397. The molecule has 0 saturated heterocycles. The van der Waals surface area contributed by atoms with Gasteiger partial charge in [-0.25, -0.2) is 0 Å². The van der Waals surface area contributed by atoms with Gasteiger partial charge in [0.15, 0.2) is 0 Å². The number of nitrogens with zero attached hydrogens (tertiary/aromatic N) is 2. The molecule has 2 rings (SSSR count). The maximum absolute atomic E-state index is 11.0. The Labute approximate surface area is 119 Å². The molecular weight excluding hydrogens is 276 g/mol. The van der Waals surface area contributed by atoms with Crippen LogP contribution in [0.1, 0.15) is 11.1 Å². The topological polar surface area (TPSA) is 87.2 Å². The molecular formula is C14H10N2O3S. The fourth-order valence-electron chi connectivity index (χ4n) is 1.61. The largest absolute Gasteiger partial charge is 0.392 e. The molecule has 0 amide bonds. The minimum atomic E-state index is -0.495. The molecule has 0 fully saturated rings. The van der Waals surface area contributed by atoms with E-state index in [0.29, 0.717) is 4.90 Å². The maximum Gasteiger partial charge on any atom is 0.284 e. The van der Waals surface area contributed by atoms with Crippen molar-refractivity contribution in [1.29, 1.82) is 5.26 Å². The van der Waals surface area contributed by atoms with Crippen LogP contribution < -0.4 is 0 Å². The van der Waals surface area contributed by atoms with Crippen LogP contribution in [0, 0.1) is 21.4 Å². The van der Waals surface area contributed by atoms with E-state index in [4.69, 9.17) is 10.4 Å². The molecule has 0 atom stereocenters. The minimum absolute atomic E-state index is 0.0397. The van der Waals surface area contributed by atoms with Crippen molar-refractivity contribution in [2.45, 2.75) is 16.4 Å². The van der Waals surface area contributed by atoms with Crippen molar-refractivity contribution in [2.75, 3.05) is 0 Å². The van der Waals surface area contributed by atoms with Gasteiger partial charge in [-0.3, -0.25) is 10.1 Å². The predicted octanol–water partition coefficient (Wildman–Crippen LogP) is 3.11. The fraction of sp³-hybridized carbons (Fsp3) is 0.0714. The lowest BCUT2D eigenvalue weighted by Crippen LogP contribution is -1.92. The zero-order valence-corrected chi connectivity index (χ0v) is 11.1. The lowest BCUT2D eigenvalue weighted by Gasteiger charge is -2.04. The molecule has 20 heavy (non-hydrogen) atoms. The number of hydrogen-bond donors (Lipinski definition) is 1. The summed E-state index contributed by atoms with van der Waals surface area (Å²) in [5, 5.41) is 28.8. The van der Waals surface area contributed by atoms with E-state index in [-0.39, 0.29) is 17.9 Å². The van der Waals surface area contributed by atoms with Crippen LogP contribution in [-0.4, -0.2) is 10.0 Å². The number of nitriles is 1. The van der Waals surface area contributed by atoms with Crippen molar-refractivity contribution in [1.82, 2.24) is 0 Å². The van der Waals surface area contributed by atoms with E-state index in [0.717, 1.165) is 10.5 Å². The Bertz CT molecular complexity index is 678. The second kappa shape index (κ2) is 6.19. The lowest BCUT2D eigenvalue weighted by molar-refractivity contribution is -0.387. The van der Waals surface area contributed by atoms with Crippen LogP contribution in [0.3, 0.4) is 0 Å². The highest BCUT2D eigenvalue weighted by atomic mass is 32.2. The zero-order valence-electron chi connectivity index (χ0n) is 10.3. The molecule has 2 aromatic carbocycles. The van der Waals surface area contributed by atoms with Gasteiger partial charge < -0.3 is 5.11 Å². The van der Waals surface area contributed by atoms with Gasteiger partial charge in [0.05, 0.1) is 28.1 Å². The quantitative estimate of drug-likeness (QED) is 0.689. The number of rotatable bonds is 4. The molecule has 0 saturated carbocycles. The zero-order chi connectivity index (χ0) is 14.5. The van der Waals surface area contributed by atoms with Gasteiger partial charge in [-0.15, -0.1) is 0 Å². The van der Waals surface area contributed by atoms with Crippen molar-refractivity contribution >= 4 is 17.4 Å². The van der Waals surface area contributed by atoms with Gasteiger partial charge in [-0.05, 0) is 29.8 Å². The highest BCUT2D eigenvalue weighted by Gasteiger charge is 2.15. The summed E-state index contributed by atoms with van der Waals surface area (Å²) in [7, 11) is 0. The number of hydrogen-bond acceptors (Lipinski definition) is 5. The Balaban J connectivity index is 2.32. The van der Waals surface area contributed by atoms with Crippen LogP contribution in [0.2, 0.25) is 0 Å². The number of nitro groups is 1. The van der Waals surface area contributed by atoms with Crippen LogP contribution >= 0.6 is 11.8 Å². The Morgan fingerprint density at radius 2 is 1.95 bits per heavy atom. The summed E-state index contributed by atoms with van der Waals surface area (Å²) in [6, 6.07) is 13.4. The second-order valence-corrected chi connectivity index (χ2v) is 5.07. The minimum Gasteiger partial charge on any atom is -0.392 e. The van der Waals surface area contributed by atoms with Crippen LogP contribution in [0.25, 0.3) is 0 Å². The lowest BCUT2D eigenvalue weighted by atomic mass is 10.2. The first-order valence-electron chi connectivity index (χ1n) is 5.70. The second-order valence-electron chi connectivity index (χ2n) is 3.96. The molecule has 0 spiro atoms. The van der Waals surface area contributed by atoms with E-state index < -0.39 is 4.92 Å². The third-order valence-corrected chi connectivity index (χ3v) is 3.69. The average molecular weight is 286 g/mol. The maximum atomic E-state index is 11.0. The molecule has 1 N–H and O–H groups in total. The fourth-order valence-corrected chi connectivity index (χ4v) is 2.51. The smallest absolute Gasteiger partial charge is 0.284 e. The first-order chi connectivity index (χ1) is 9.63. The van der Waals surface area contributed by atoms with Gasteiger partial charge in [0.25, 0.3) is 5.69 Å². The van der Waals surface area contributed by atoms with E-state index in [9.17, 15) is 10.1 Å². The van der Waals surface area contributed by atoms with Crippen molar-refractivity contribution in [2.24, 2.45) is 0 Å². The molecule has 0 aliphatic rings. The normalized spacial score (nSPS) is 10.0. The van der Waals surface area contributed by atoms with Crippen molar-refractivity contribution in [3.8, 4) is 6.07 Å². The molecule has 100 valence electrons. The molecule has 0 bridgehead atoms. The van der Waals surface area contributed by atoms with E-state index in [1.165, 1.54) is 17.8 Å². The first-order valence-corrected chi connectivity index (χ1v) is 6.52. The van der Waals surface area contributed by atoms with Crippen LogP contribution in [-0.2, 0) is 6.61 Å². The van der Waals surface area contributed by atoms with Gasteiger partial charge in [0.1, 0.15) is 0 Å². The molecule has 0 aliphatic carbocycles. The first kappa shape index (κ1) is 14.1. The summed E-state index contributed by atoms with van der Waals surface area (Å²) < 4.78 is 0. The Hall–Kier alpha value is -2.36. The predicted molar refractivity (Wildman–Crippen MR) is 74.3 cm³/mol. The van der Waals surface area contributed by atoms with Crippen molar-refractivity contribution in [3.63, 3.8) is 0 Å². The van der Waals surface area contributed by atoms with E-state index in [1.54, 1.807) is 36.4 Å². The number of benzene rings is 2. The summed E-state index contributed by atoms with van der Waals surface area (Å²) >= 11 is 1.25. The summed E-state index contributed by atoms with van der Waals surface area (Å²) in [6.07, 6.45) is 0. The van der Waals surface area contributed by atoms with Crippen LogP contribution in [0.5, 0.6) is 0 Å². The molecule has 0 radical (unpaired) electrons. The third kappa shape index (κ3) is 3.15. The van der Waals surface area contributed by atoms with Gasteiger partial charge in [-0.2, -0.15) is 5.26 Å². The Morgan fingerprint density at radius 3 is 2.50 bits per heavy atom. The molecule has 0 unspecified atom stereocenters. The molecule has 0 aromatic heterocycles. The molecule has 0 heterocycles. The molecule has 5 nitrogen and oxygen atoms in total. The van der Waals surface area contributed by atoms with E-state index >= 15 is 0 Å². The van der Waals surface area contributed by atoms with Crippen LogP contribution in [0.15, 0.2) is 52.3 Å². The number of aliphatic hydroxyl groups is 1. The van der Waals surface area contributed by atoms with Gasteiger partial charge >= 0.3 is 0 Å².